The summed E-state index contributed by atoms with van der Waals surface area (Å²) >= 11 is 1.00. The molecule has 0 spiro atoms. The highest BCUT2D eigenvalue weighted by Gasteiger charge is 2.21. The minimum atomic E-state index is -0.117. The second kappa shape index (κ2) is 5.40. The van der Waals surface area contributed by atoms with Gasteiger partial charge >= 0.3 is 4.87 Å². The monoisotopic (exact) mass is 276 g/mol. The molecule has 0 aliphatic heterocycles. The Bertz CT molecular complexity index is 643. The van der Waals surface area contributed by atoms with Crippen LogP contribution in [-0.2, 0) is 7.05 Å². The van der Waals surface area contributed by atoms with Crippen molar-refractivity contribution in [2.24, 2.45) is 7.05 Å². The zero-order valence-corrected chi connectivity index (χ0v) is 12.0. The Kier molecular flexibility index (Phi) is 3.85. The highest BCUT2D eigenvalue weighted by atomic mass is 32.1. The van der Waals surface area contributed by atoms with Gasteiger partial charge in [-0.15, -0.1) is 0 Å². The Hall–Kier alpha value is -1.88. The number of aromatic nitrogens is 1. The molecular weight excluding hydrogens is 260 g/mol. The van der Waals surface area contributed by atoms with E-state index < -0.39 is 0 Å². The van der Waals surface area contributed by atoms with Crippen LogP contribution in [0.2, 0.25) is 0 Å². The van der Waals surface area contributed by atoms with E-state index in [0.29, 0.717) is 11.4 Å². The summed E-state index contributed by atoms with van der Waals surface area (Å²) in [7, 11) is 1.68. The molecule has 2 aromatic rings. The largest absolute Gasteiger partial charge is 0.308 e. The van der Waals surface area contributed by atoms with Gasteiger partial charge in [-0.1, -0.05) is 29.5 Å². The predicted octanol–water partition coefficient (Wildman–Crippen LogP) is 2.42. The van der Waals surface area contributed by atoms with E-state index in [-0.39, 0.29) is 10.8 Å². The third kappa shape index (κ3) is 2.46. The van der Waals surface area contributed by atoms with Crippen molar-refractivity contribution in [3.05, 3.63) is 50.6 Å². The van der Waals surface area contributed by atoms with E-state index in [1.165, 1.54) is 4.57 Å². The van der Waals surface area contributed by atoms with Crippen LogP contribution in [0.1, 0.15) is 22.3 Å². The minimum Gasteiger partial charge on any atom is -0.308 e. The molecule has 19 heavy (non-hydrogen) atoms. The lowest BCUT2D eigenvalue weighted by Gasteiger charge is -2.20. The molecule has 1 heterocycles. The van der Waals surface area contributed by atoms with Gasteiger partial charge in [0.25, 0.3) is 5.91 Å². The molecule has 0 N–H and O–H groups in total. The fourth-order valence-electron chi connectivity index (χ4n) is 1.89. The van der Waals surface area contributed by atoms with E-state index in [9.17, 15) is 9.59 Å². The lowest BCUT2D eigenvalue weighted by Crippen LogP contribution is -2.30. The first kappa shape index (κ1) is 13.5. The minimum absolute atomic E-state index is 0.107. The van der Waals surface area contributed by atoms with Gasteiger partial charge in [0.1, 0.15) is 4.88 Å². The van der Waals surface area contributed by atoms with E-state index in [1.807, 2.05) is 37.3 Å². The van der Waals surface area contributed by atoms with Crippen LogP contribution in [0, 0.1) is 6.92 Å². The van der Waals surface area contributed by atoms with Crippen LogP contribution in [-0.4, -0.2) is 17.0 Å². The smallest absolute Gasteiger partial charge is 0.307 e. The lowest BCUT2D eigenvalue weighted by atomic mass is 10.2. The quantitative estimate of drug-likeness (QED) is 0.864. The molecule has 5 heteroatoms. The number of anilines is 1. The molecule has 0 fully saturated rings. The van der Waals surface area contributed by atoms with Gasteiger partial charge < -0.3 is 9.47 Å². The Labute approximate surface area is 115 Å². The van der Waals surface area contributed by atoms with Crippen molar-refractivity contribution in [2.45, 2.75) is 13.8 Å². The first-order valence-corrected chi connectivity index (χ1v) is 6.91. The molecule has 1 amide bonds. The molecule has 0 bridgehead atoms. The molecule has 2 rings (SSSR count). The highest BCUT2D eigenvalue weighted by Crippen LogP contribution is 2.19. The number of hydrogen-bond acceptors (Lipinski definition) is 3. The van der Waals surface area contributed by atoms with Crippen molar-refractivity contribution < 1.29 is 4.79 Å². The maximum Gasteiger partial charge on any atom is 0.307 e. The molecule has 0 radical (unpaired) electrons. The van der Waals surface area contributed by atoms with Gasteiger partial charge in [0, 0.05) is 25.0 Å². The van der Waals surface area contributed by atoms with Crippen LogP contribution in [0.15, 0.2) is 35.1 Å². The molecular formula is C14H16N2O2S. The summed E-state index contributed by atoms with van der Waals surface area (Å²) in [5, 5.41) is 0. The van der Waals surface area contributed by atoms with Gasteiger partial charge in [0.2, 0.25) is 0 Å². The fraction of sp³-hybridized carbons (Fsp3) is 0.286. The molecule has 0 aliphatic rings. The van der Waals surface area contributed by atoms with Crippen molar-refractivity contribution in [3.63, 3.8) is 0 Å². The SMILES string of the molecule is CCN(C(=O)c1sc(=O)n(C)c1C)c1ccccc1. The lowest BCUT2D eigenvalue weighted by molar-refractivity contribution is 0.0991. The van der Waals surface area contributed by atoms with Crippen LogP contribution in [0.3, 0.4) is 0 Å². The van der Waals surface area contributed by atoms with Gasteiger partial charge in [-0.25, -0.2) is 0 Å². The first-order valence-electron chi connectivity index (χ1n) is 6.09. The Morgan fingerprint density at radius 3 is 2.42 bits per heavy atom. The summed E-state index contributed by atoms with van der Waals surface area (Å²) in [5.74, 6) is -0.117. The number of hydrogen-bond donors (Lipinski definition) is 0. The zero-order valence-electron chi connectivity index (χ0n) is 11.2. The average molecular weight is 276 g/mol. The molecule has 4 nitrogen and oxygen atoms in total. The number of rotatable bonds is 3. The third-order valence-electron chi connectivity index (χ3n) is 3.12. The van der Waals surface area contributed by atoms with Crippen molar-refractivity contribution in [2.75, 3.05) is 11.4 Å². The maximum atomic E-state index is 12.5. The van der Waals surface area contributed by atoms with E-state index in [2.05, 4.69) is 0 Å². The van der Waals surface area contributed by atoms with Crippen LogP contribution in [0.4, 0.5) is 5.69 Å². The molecule has 0 saturated heterocycles. The molecule has 100 valence electrons. The average Bonchev–Trinajstić information content (AvgIpc) is 2.68. The second-order valence-corrected chi connectivity index (χ2v) is 5.19. The van der Waals surface area contributed by atoms with Crippen LogP contribution >= 0.6 is 11.3 Å². The normalized spacial score (nSPS) is 10.5. The number of carbonyl (C=O) groups is 1. The van der Waals surface area contributed by atoms with E-state index in [1.54, 1.807) is 18.9 Å². The number of para-hydroxylation sites is 1. The zero-order chi connectivity index (χ0) is 14.0. The van der Waals surface area contributed by atoms with E-state index in [0.717, 1.165) is 22.7 Å². The first-order chi connectivity index (χ1) is 9.06. The van der Waals surface area contributed by atoms with Gasteiger partial charge in [-0.3, -0.25) is 9.59 Å². The maximum absolute atomic E-state index is 12.5. The van der Waals surface area contributed by atoms with E-state index >= 15 is 0 Å². The summed E-state index contributed by atoms with van der Waals surface area (Å²) in [6.07, 6.45) is 0. The number of carbonyl (C=O) groups excluding carboxylic acids is 1. The molecule has 0 aliphatic carbocycles. The fourth-order valence-corrected chi connectivity index (χ4v) is 2.82. The van der Waals surface area contributed by atoms with Gasteiger partial charge in [-0.05, 0) is 26.0 Å². The number of thiazole rings is 1. The van der Waals surface area contributed by atoms with Gasteiger partial charge in [-0.2, -0.15) is 0 Å². The molecule has 0 saturated carbocycles. The highest BCUT2D eigenvalue weighted by molar-refractivity contribution is 7.11. The van der Waals surface area contributed by atoms with Crippen molar-refractivity contribution in [3.8, 4) is 0 Å². The molecule has 0 atom stereocenters. The molecule has 1 aromatic carbocycles. The van der Waals surface area contributed by atoms with Crippen molar-refractivity contribution in [1.82, 2.24) is 4.57 Å². The Balaban J connectivity index is 2.42. The summed E-state index contributed by atoms with van der Waals surface area (Å²) in [6, 6.07) is 9.48. The molecule has 1 aromatic heterocycles. The summed E-state index contributed by atoms with van der Waals surface area (Å²) < 4.78 is 1.51. The van der Waals surface area contributed by atoms with Crippen LogP contribution in [0.5, 0.6) is 0 Å². The summed E-state index contributed by atoms with van der Waals surface area (Å²) in [4.78, 5) is 26.3. The summed E-state index contributed by atoms with van der Waals surface area (Å²) in [6.45, 7) is 4.29. The number of benzene rings is 1. The molecule has 0 unspecified atom stereocenters. The van der Waals surface area contributed by atoms with E-state index in [4.69, 9.17) is 0 Å². The standard InChI is InChI=1S/C14H16N2O2S/c1-4-16(11-8-6-5-7-9-11)13(17)12-10(2)15(3)14(18)19-12/h5-9H,4H2,1-3H3. The summed E-state index contributed by atoms with van der Waals surface area (Å²) in [5.41, 5.74) is 1.56. The number of nitrogens with zero attached hydrogens (tertiary/aromatic N) is 2. The van der Waals surface area contributed by atoms with Crippen molar-refractivity contribution in [1.29, 1.82) is 0 Å². The Morgan fingerprint density at radius 1 is 1.32 bits per heavy atom. The van der Waals surface area contributed by atoms with Crippen LogP contribution in [0.25, 0.3) is 0 Å². The Morgan fingerprint density at radius 2 is 1.95 bits per heavy atom. The van der Waals surface area contributed by atoms with Crippen molar-refractivity contribution >= 4 is 22.9 Å². The van der Waals surface area contributed by atoms with Crippen LogP contribution < -0.4 is 9.77 Å². The van der Waals surface area contributed by atoms with Gasteiger partial charge in [0.05, 0.1) is 0 Å². The second-order valence-electron chi connectivity index (χ2n) is 4.23. The van der Waals surface area contributed by atoms with Gasteiger partial charge in [0.15, 0.2) is 0 Å². The number of amides is 1. The topological polar surface area (TPSA) is 42.3 Å². The predicted molar refractivity (Wildman–Crippen MR) is 78.1 cm³/mol. The third-order valence-corrected chi connectivity index (χ3v) is 4.24.